The van der Waals surface area contributed by atoms with E-state index in [1.165, 1.54) is 4.68 Å². The van der Waals surface area contributed by atoms with Crippen LogP contribution < -0.4 is 14.8 Å². The number of hydrogen-bond donors (Lipinski definition) is 2. The highest BCUT2D eigenvalue weighted by molar-refractivity contribution is 6.06. The fraction of sp³-hybridized carbons (Fsp3) is 0.343. The Kier molecular flexibility index (Phi) is 9.85. The molecule has 0 radical (unpaired) electrons. The van der Waals surface area contributed by atoms with E-state index in [9.17, 15) is 14.7 Å². The highest BCUT2D eigenvalue weighted by atomic mass is 16.5. The van der Waals surface area contributed by atoms with Crippen molar-refractivity contribution < 1.29 is 24.2 Å². The van der Waals surface area contributed by atoms with Crippen molar-refractivity contribution in [2.75, 3.05) is 32.1 Å². The van der Waals surface area contributed by atoms with E-state index in [0.29, 0.717) is 42.3 Å². The van der Waals surface area contributed by atoms with Crippen LogP contribution in [0.2, 0.25) is 0 Å². The number of carbonyl (C=O) groups is 2. The molecule has 1 aromatic heterocycles. The van der Waals surface area contributed by atoms with Crippen molar-refractivity contribution in [3.05, 3.63) is 101 Å². The van der Waals surface area contributed by atoms with Crippen LogP contribution in [0.4, 0.5) is 5.69 Å². The first-order valence-electron chi connectivity index (χ1n) is 15.2. The predicted octanol–water partition coefficient (Wildman–Crippen LogP) is 5.13. The summed E-state index contributed by atoms with van der Waals surface area (Å²) >= 11 is 0. The van der Waals surface area contributed by atoms with Crippen molar-refractivity contribution in [1.29, 1.82) is 0 Å². The Morgan fingerprint density at radius 1 is 1.11 bits per heavy atom. The Morgan fingerprint density at radius 3 is 2.49 bits per heavy atom. The molecular formula is C35H41N5O5. The number of aliphatic hydroxyl groups is 1. The summed E-state index contributed by atoms with van der Waals surface area (Å²) < 4.78 is 14.1. The quantitative estimate of drug-likeness (QED) is 0.256. The van der Waals surface area contributed by atoms with Crippen LogP contribution in [0.5, 0.6) is 17.2 Å². The van der Waals surface area contributed by atoms with Gasteiger partial charge in [0.25, 0.3) is 11.8 Å². The molecule has 5 rings (SSSR count). The molecule has 0 bridgehead atoms. The number of fused-ring (bicyclic) bond motifs is 1. The van der Waals surface area contributed by atoms with Gasteiger partial charge in [0.1, 0.15) is 23.3 Å². The number of amides is 2. The second kappa shape index (κ2) is 14.0. The largest absolute Gasteiger partial charge is 0.486 e. The van der Waals surface area contributed by atoms with Crippen molar-refractivity contribution in [2.45, 2.75) is 39.5 Å². The van der Waals surface area contributed by atoms with E-state index < -0.39 is 6.04 Å². The number of hydrogen-bond acceptors (Lipinski definition) is 7. The molecule has 0 fully saturated rings. The van der Waals surface area contributed by atoms with E-state index in [4.69, 9.17) is 9.47 Å². The summed E-state index contributed by atoms with van der Waals surface area (Å²) in [4.78, 5) is 30.9. The number of aromatic nitrogens is 2. The molecule has 0 unspecified atom stereocenters. The predicted molar refractivity (Wildman–Crippen MR) is 173 cm³/mol. The minimum atomic E-state index is -0.392. The third kappa shape index (κ3) is 7.53. The summed E-state index contributed by atoms with van der Waals surface area (Å²) in [6.45, 7) is 7.16. The van der Waals surface area contributed by atoms with Gasteiger partial charge in [0, 0.05) is 32.6 Å². The van der Waals surface area contributed by atoms with Gasteiger partial charge in [-0.2, -0.15) is 5.10 Å². The van der Waals surface area contributed by atoms with Crippen LogP contribution in [0.15, 0.2) is 78.9 Å². The van der Waals surface area contributed by atoms with Gasteiger partial charge in [-0.1, -0.05) is 43.3 Å². The lowest BCUT2D eigenvalue weighted by molar-refractivity contribution is 0.0343. The van der Waals surface area contributed by atoms with Crippen LogP contribution in [0.3, 0.4) is 0 Å². The fourth-order valence-corrected chi connectivity index (χ4v) is 5.54. The molecule has 236 valence electrons. The third-order valence-electron chi connectivity index (χ3n) is 8.02. The number of carbonyl (C=O) groups excluding carboxylic acids is 2. The normalized spacial score (nSPS) is 17.2. The molecule has 10 heteroatoms. The molecule has 0 saturated carbocycles. The van der Waals surface area contributed by atoms with Gasteiger partial charge in [0.05, 0.1) is 29.6 Å². The van der Waals surface area contributed by atoms with E-state index >= 15 is 0 Å². The number of rotatable bonds is 10. The zero-order chi connectivity index (χ0) is 32.1. The molecule has 0 saturated heterocycles. The molecule has 3 aromatic carbocycles. The van der Waals surface area contributed by atoms with E-state index in [2.05, 4.69) is 15.3 Å². The number of aliphatic hydroxyl groups excluding tert-OH is 1. The maximum atomic E-state index is 13.8. The van der Waals surface area contributed by atoms with E-state index in [0.717, 1.165) is 22.8 Å². The van der Waals surface area contributed by atoms with E-state index in [1.54, 1.807) is 36.2 Å². The maximum absolute atomic E-state index is 13.8. The van der Waals surface area contributed by atoms with Gasteiger partial charge in [-0.15, -0.1) is 0 Å². The van der Waals surface area contributed by atoms with Crippen LogP contribution in [-0.4, -0.2) is 75.4 Å². The van der Waals surface area contributed by atoms with Crippen LogP contribution in [0.1, 0.15) is 46.0 Å². The average molecular weight is 612 g/mol. The lowest BCUT2D eigenvalue weighted by Gasteiger charge is -2.38. The number of nitrogens with zero attached hydrogens (tertiary/aromatic N) is 4. The van der Waals surface area contributed by atoms with Crippen molar-refractivity contribution in [3.8, 4) is 17.2 Å². The smallest absolute Gasteiger partial charge is 0.274 e. The molecule has 2 heterocycles. The second-order valence-corrected chi connectivity index (χ2v) is 11.8. The number of para-hydroxylation sites is 2. The number of ether oxygens (including phenoxy) is 2. The maximum Gasteiger partial charge on any atom is 0.274 e. The second-order valence-electron chi connectivity index (χ2n) is 11.8. The van der Waals surface area contributed by atoms with Crippen molar-refractivity contribution >= 4 is 17.5 Å². The minimum Gasteiger partial charge on any atom is -0.486 e. The highest BCUT2D eigenvalue weighted by Crippen LogP contribution is 2.35. The Bertz CT molecular complexity index is 1620. The molecule has 1 aliphatic rings. The van der Waals surface area contributed by atoms with Crippen molar-refractivity contribution in [2.24, 2.45) is 13.0 Å². The first-order chi connectivity index (χ1) is 21.6. The van der Waals surface area contributed by atoms with Crippen LogP contribution in [0.25, 0.3) is 0 Å². The number of nitrogens with one attached hydrogen (secondary N) is 1. The Morgan fingerprint density at radius 2 is 1.82 bits per heavy atom. The molecule has 0 spiro atoms. The van der Waals surface area contributed by atoms with Gasteiger partial charge in [-0.3, -0.25) is 19.2 Å². The lowest BCUT2D eigenvalue weighted by atomic mass is 9.98. The topological polar surface area (TPSA) is 109 Å². The first-order valence-corrected chi connectivity index (χ1v) is 15.2. The SMILES string of the molecule is Cc1cc(C(=O)Nc2cccc3c2O[C@H](CN(C)Cc2ccc(Oc4ccccc4)cc2)[C@H](C)CN([C@H](C)CO)C3=O)n(C)n1. The van der Waals surface area contributed by atoms with E-state index in [-0.39, 0.29) is 30.4 Å². The minimum absolute atomic E-state index is 0.0799. The molecule has 4 aromatic rings. The molecule has 2 amide bonds. The lowest BCUT2D eigenvalue weighted by Crippen LogP contribution is -2.49. The Labute approximate surface area is 264 Å². The molecular weight excluding hydrogens is 570 g/mol. The van der Waals surface area contributed by atoms with Crippen LogP contribution >= 0.6 is 0 Å². The average Bonchev–Trinajstić information content (AvgIpc) is 3.37. The monoisotopic (exact) mass is 611 g/mol. The molecule has 45 heavy (non-hydrogen) atoms. The molecule has 0 aliphatic carbocycles. The van der Waals surface area contributed by atoms with E-state index in [1.807, 2.05) is 82.4 Å². The summed E-state index contributed by atoms with van der Waals surface area (Å²) in [6, 6.07) is 24.2. The highest BCUT2D eigenvalue weighted by Gasteiger charge is 2.34. The van der Waals surface area contributed by atoms with Gasteiger partial charge in [0.15, 0.2) is 5.75 Å². The van der Waals surface area contributed by atoms with Gasteiger partial charge in [-0.05, 0) is 68.9 Å². The van der Waals surface area contributed by atoms with Gasteiger partial charge in [-0.25, -0.2) is 0 Å². The van der Waals surface area contributed by atoms with Crippen LogP contribution in [0, 0.1) is 12.8 Å². The molecule has 3 atom stereocenters. The zero-order valence-electron chi connectivity index (χ0n) is 26.4. The van der Waals surface area contributed by atoms with Gasteiger partial charge < -0.3 is 24.8 Å². The summed E-state index contributed by atoms with van der Waals surface area (Å²) in [5.74, 6) is 1.18. The molecule has 10 nitrogen and oxygen atoms in total. The zero-order valence-corrected chi connectivity index (χ0v) is 26.4. The van der Waals surface area contributed by atoms with Gasteiger partial charge in [0.2, 0.25) is 0 Å². The Hall–Kier alpha value is -4.67. The molecule has 2 N–H and O–H groups in total. The number of benzene rings is 3. The van der Waals surface area contributed by atoms with Crippen molar-refractivity contribution in [1.82, 2.24) is 19.6 Å². The Balaban J connectivity index is 1.37. The van der Waals surface area contributed by atoms with Gasteiger partial charge >= 0.3 is 0 Å². The van der Waals surface area contributed by atoms with Crippen LogP contribution in [-0.2, 0) is 13.6 Å². The fourth-order valence-electron chi connectivity index (χ4n) is 5.54. The van der Waals surface area contributed by atoms with Crippen molar-refractivity contribution in [3.63, 3.8) is 0 Å². The summed E-state index contributed by atoms with van der Waals surface area (Å²) in [5, 5.41) is 17.2. The number of anilines is 1. The summed E-state index contributed by atoms with van der Waals surface area (Å²) in [5.41, 5.74) is 2.96. The number of likely N-dealkylation sites (N-methyl/N-ethyl adjacent to an activating group) is 1. The molecule has 1 aliphatic heterocycles. The summed E-state index contributed by atoms with van der Waals surface area (Å²) in [7, 11) is 3.74. The first kappa shape index (κ1) is 31.7. The number of aryl methyl sites for hydroxylation is 2. The summed E-state index contributed by atoms with van der Waals surface area (Å²) in [6.07, 6.45) is -0.326. The third-order valence-corrected chi connectivity index (χ3v) is 8.02. The standard InChI is InChI=1S/C35H41N5O5/c1-23-19-40(25(3)22-41)35(43)29-12-9-13-30(36-34(42)31-18-24(2)37-39(31)5)33(29)45-32(23)21-38(4)20-26-14-16-28(17-15-26)44-27-10-7-6-8-11-27/h6-18,23,25,32,41H,19-22H2,1-5H3,(H,36,42)/t23-,25-,32-/m1/s1.